The Morgan fingerprint density at radius 1 is 0.778 bits per heavy atom. The van der Waals surface area contributed by atoms with E-state index < -0.39 is 0 Å². The van der Waals surface area contributed by atoms with Crippen LogP contribution in [0.4, 0.5) is 0 Å². The summed E-state index contributed by atoms with van der Waals surface area (Å²) in [5.74, 6) is 0.638. The van der Waals surface area contributed by atoms with Gasteiger partial charge in [-0.15, -0.1) is 11.3 Å². The Bertz CT molecular complexity index is 1560. The van der Waals surface area contributed by atoms with Crippen molar-refractivity contribution in [3.8, 4) is 44.7 Å². The van der Waals surface area contributed by atoms with E-state index in [1.807, 2.05) is 18.3 Å². The Morgan fingerprint density at radius 2 is 1.38 bits per heavy atom. The van der Waals surface area contributed by atoms with Gasteiger partial charge in [0.15, 0.2) is 0 Å². The van der Waals surface area contributed by atoms with Gasteiger partial charge in [-0.1, -0.05) is 62.8 Å². The molecule has 4 rings (SSSR count). The van der Waals surface area contributed by atoms with Crippen molar-refractivity contribution in [1.29, 1.82) is 0 Å². The molecule has 0 spiro atoms. The fourth-order valence-electron chi connectivity index (χ4n) is 3.66. The van der Waals surface area contributed by atoms with Crippen molar-refractivity contribution < 1.29 is 38.5 Å². The van der Waals surface area contributed by atoms with Gasteiger partial charge in [-0.25, -0.2) is 4.98 Å². The van der Waals surface area contributed by atoms with Crippen LogP contribution in [-0.4, -0.2) is 43.4 Å². The van der Waals surface area contributed by atoms with Gasteiger partial charge in [-0.3, -0.25) is 19.6 Å². The summed E-state index contributed by atoms with van der Waals surface area (Å²) in [4.78, 5) is 37.8. The van der Waals surface area contributed by atoms with E-state index in [2.05, 4.69) is 70.7 Å². The Balaban J connectivity index is 0.00000173. The summed E-state index contributed by atoms with van der Waals surface area (Å²) in [6.45, 7) is 2.93. The molecule has 0 bridgehead atoms. The molecular weight excluding hydrogens is 738 g/mol. The molecule has 0 atom stereocenters. The summed E-state index contributed by atoms with van der Waals surface area (Å²) in [5.41, 5.74) is 3.11. The van der Waals surface area contributed by atoms with Crippen LogP contribution in [0.25, 0.3) is 49.4 Å². The van der Waals surface area contributed by atoms with Gasteiger partial charge in [-0.05, 0) is 43.2 Å². The molecule has 0 amide bonds. The van der Waals surface area contributed by atoms with Crippen LogP contribution in [0.15, 0.2) is 60.9 Å². The molecule has 45 heavy (non-hydrogen) atoms. The number of aromatic nitrogens is 3. The van der Waals surface area contributed by atoms with Gasteiger partial charge < -0.3 is 25.7 Å². The second-order valence-electron chi connectivity index (χ2n) is 8.16. The molecule has 0 unspecified atom stereocenters. The standard InChI is InChI=1S/C27H25N3O4S.3CNS.Ru/c1-2-3-4-5-6-22-8-10-27(35-22)19-7-9-23(29-16-19)25-14-21(34-18-32)15-26(30-25)24-13-20(33-17-31)11-12-28-24;3*2-1-3;/h7-18H,2-6H2,1H3;;;;/q;3*-1;+3. The number of isothiocyanates is 3. The molecule has 231 valence electrons. The Morgan fingerprint density at radius 3 is 1.96 bits per heavy atom. The first kappa shape index (κ1) is 41.1. The number of unbranched alkanes of at least 4 members (excludes halogenated alkanes) is 3. The summed E-state index contributed by atoms with van der Waals surface area (Å²) in [7, 11) is 0. The zero-order valence-corrected chi connectivity index (χ0v) is 28.8. The number of aryl methyl sites for hydroxylation is 1. The predicted octanol–water partition coefficient (Wildman–Crippen LogP) is 8.10. The molecule has 0 aliphatic heterocycles. The van der Waals surface area contributed by atoms with Crippen molar-refractivity contribution in [1.82, 2.24) is 15.0 Å². The van der Waals surface area contributed by atoms with Crippen molar-refractivity contribution in [2.75, 3.05) is 0 Å². The molecule has 0 fully saturated rings. The fourth-order valence-corrected chi connectivity index (χ4v) is 4.70. The Labute approximate surface area is 293 Å². The first-order valence-corrected chi connectivity index (χ1v) is 14.8. The minimum atomic E-state index is 0. The van der Waals surface area contributed by atoms with E-state index in [4.69, 9.17) is 25.7 Å². The monoisotopic (exact) mass is 763 g/mol. The van der Waals surface area contributed by atoms with Crippen LogP contribution in [0.3, 0.4) is 0 Å². The number of rotatable bonds is 12. The van der Waals surface area contributed by atoms with Crippen LogP contribution in [-0.2, 0) is 35.5 Å². The third-order valence-corrected chi connectivity index (χ3v) is 6.60. The van der Waals surface area contributed by atoms with Crippen LogP contribution in [0.5, 0.6) is 11.5 Å². The molecule has 0 aliphatic carbocycles. The van der Waals surface area contributed by atoms with Crippen LogP contribution >= 0.6 is 48.0 Å². The molecule has 4 aromatic rings. The second kappa shape index (κ2) is 25.4. The van der Waals surface area contributed by atoms with Gasteiger partial charge in [0, 0.05) is 45.9 Å². The minimum absolute atomic E-state index is 0. The van der Waals surface area contributed by atoms with E-state index >= 15 is 0 Å². The number of carbonyl (C=O) groups is 2. The maximum absolute atomic E-state index is 11.0. The SMILES string of the molecule is CCCCCCc1ccc(-c2ccc(-c3cc(OC=O)cc(-c4cc(OC=O)ccn4)n3)nc2)s1.[N-]=C=S.[N-]=C=S.[N-]=C=S.[Ru+3]. The first-order chi connectivity index (χ1) is 21.4. The Kier molecular flexibility index (Phi) is 23.2. The molecule has 0 saturated heterocycles. The third kappa shape index (κ3) is 15.6. The molecule has 4 heterocycles. The predicted molar refractivity (Wildman–Crippen MR) is 183 cm³/mol. The molecule has 0 N–H and O–H groups in total. The molecule has 10 nitrogen and oxygen atoms in total. The van der Waals surface area contributed by atoms with Gasteiger partial charge in [0.2, 0.25) is 0 Å². The summed E-state index contributed by atoms with van der Waals surface area (Å²) in [6, 6.07) is 14.6. The number of carbonyl (C=O) groups excluding carboxylic acids is 2. The van der Waals surface area contributed by atoms with Gasteiger partial charge in [0.05, 0.1) is 22.8 Å². The van der Waals surface area contributed by atoms with Gasteiger partial charge in [0.25, 0.3) is 12.9 Å². The number of ether oxygens (including phenoxy) is 2. The molecular formula is C30H25N6O4RuS4. The summed E-state index contributed by atoms with van der Waals surface area (Å²) in [5, 5.41) is 25.4. The smallest absolute Gasteiger partial charge is 0.753 e. The maximum atomic E-state index is 11.0. The number of thiophene rings is 1. The molecule has 0 aromatic carbocycles. The van der Waals surface area contributed by atoms with E-state index in [0.717, 1.165) is 12.0 Å². The third-order valence-electron chi connectivity index (χ3n) is 5.41. The summed E-state index contributed by atoms with van der Waals surface area (Å²) >= 11 is 12.9. The van der Waals surface area contributed by atoms with Gasteiger partial charge in [-0.2, -0.15) is 15.5 Å². The average molecular weight is 763 g/mol. The Hall–Kier alpha value is -3.89. The van der Waals surface area contributed by atoms with Crippen molar-refractivity contribution in [3.63, 3.8) is 0 Å². The quantitative estimate of drug-likeness (QED) is 0.0454. The van der Waals surface area contributed by atoms with Crippen LogP contribution < -0.4 is 9.47 Å². The van der Waals surface area contributed by atoms with Crippen molar-refractivity contribution >= 4 is 76.4 Å². The van der Waals surface area contributed by atoms with Crippen molar-refractivity contribution in [2.45, 2.75) is 39.0 Å². The molecule has 0 aliphatic rings. The second-order valence-corrected chi connectivity index (χ2v) is 9.88. The zero-order valence-electron chi connectivity index (χ0n) is 23.8. The van der Waals surface area contributed by atoms with Gasteiger partial charge >= 0.3 is 19.5 Å². The molecule has 15 heteroatoms. The number of hydrogen-bond acceptors (Lipinski definition) is 11. The van der Waals surface area contributed by atoms with E-state index in [1.165, 1.54) is 57.1 Å². The largest absolute Gasteiger partial charge is 3.00 e. The topological polar surface area (TPSA) is 158 Å². The zero-order chi connectivity index (χ0) is 32.6. The fraction of sp³-hybridized carbons (Fsp3) is 0.200. The van der Waals surface area contributed by atoms with Crippen LogP contribution in [0, 0.1) is 0 Å². The number of hydrogen-bond donors (Lipinski definition) is 0. The number of nitrogens with zero attached hydrogens (tertiary/aromatic N) is 6. The minimum Gasteiger partial charge on any atom is -0.753 e. The normalized spacial score (nSPS) is 8.82. The van der Waals surface area contributed by atoms with E-state index in [9.17, 15) is 9.59 Å². The van der Waals surface area contributed by atoms with E-state index in [1.54, 1.807) is 35.6 Å². The maximum Gasteiger partial charge on any atom is 3.00 e. The van der Waals surface area contributed by atoms with Crippen molar-refractivity contribution in [2.24, 2.45) is 0 Å². The molecule has 4 aromatic heterocycles. The number of pyridine rings is 3. The van der Waals surface area contributed by atoms with Crippen LogP contribution in [0.1, 0.15) is 37.5 Å². The molecule has 1 radical (unpaired) electrons. The summed E-state index contributed by atoms with van der Waals surface area (Å²) < 4.78 is 9.99. The average Bonchev–Trinajstić information content (AvgIpc) is 3.50. The summed E-state index contributed by atoms with van der Waals surface area (Å²) in [6.07, 6.45) is 9.46. The van der Waals surface area contributed by atoms with Crippen LogP contribution in [0.2, 0.25) is 0 Å². The number of thiocarbonyl (C=S) groups is 3. The molecule has 0 saturated carbocycles. The van der Waals surface area contributed by atoms with E-state index in [0.29, 0.717) is 47.2 Å². The first-order valence-electron chi connectivity index (χ1n) is 12.7. The van der Waals surface area contributed by atoms with E-state index in [-0.39, 0.29) is 19.5 Å². The van der Waals surface area contributed by atoms with Crippen molar-refractivity contribution in [3.05, 3.63) is 82.0 Å². The van der Waals surface area contributed by atoms with Gasteiger partial charge in [0.1, 0.15) is 11.5 Å².